The van der Waals surface area contributed by atoms with Gasteiger partial charge < -0.3 is 13.7 Å². The summed E-state index contributed by atoms with van der Waals surface area (Å²) in [6, 6.07) is 10.0. The molecule has 26 heavy (non-hydrogen) atoms. The quantitative estimate of drug-likeness (QED) is 0.542. The fraction of sp³-hybridized carbons (Fsp3) is 0.211. The van der Waals surface area contributed by atoms with E-state index in [1.54, 1.807) is 12.1 Å². The predicted octanol–water partition coefficient (Wildman–Crippen LogP) is 3.53. The van der Waals surface area contributed by atoms with Gasteiger partial charge >= 0.3 is 15.7 Å². The summed E-state index contributed by atoms with van der Waals surface area (Å²) in [5.41, 5.74) is 1.07. The molecule has 6 nitrogen and oxygen atoms in total. The third kappa shape index (κ3) is 3.57. The summed E-state index contributed by atoms with van der Waals surface area (Å²) >= 11 is 0. The number of phenols is 1. The van der Waals surface area contributed by atoms with E-state index in [1.165, 1.54) is 30.3 Å². The zero-order valence-corrected chi connectivity index (χ0v) is 15.2. The van der Waals surface area contributed by atoms with Gasteiger partial charge in [-0.2, -0.15) is 8.42 Å². The maximum absolute atomic E-state index is 12.4. The van der Waals surface area contributed by atoms with Crippen LogP contribution in [0.5, 0.6) is 11.5 Å². The first-order valence-corrected chi connectivity index (χ1v) is 9.52. The van der Waals surface area contributed by atoms with E-state index in [0.29, 0.717) is 17.4 Å². The summed E-state index contributed by atoms with van der Waals surface area (Å²) in [6.07, 6.45) is 1.36. The Hall–Kier alpha value is -2.80. The zero-order valence-electron chi connectivity index (χ0n) is 14.4. The van der Waals surface area contributed by atoms with Crippen LogP contribution in [0.4, 0.5) is 0 Å². The van der Waals surface area contributed by atoms with Crippen molar-refractivity contribution >= 4 is 21.1 Å². The van der Waals surface area contributed by atoms with Crippen LogP contribution in [0.25, 0.3) is 11.0 Å². The maximum atomic E-state index is 12.4. The number of rotatable bonds is 5. The Labute approximate surface area is 150 Å². The van der Waals surface area contributed by atoms with E-state index in [9.17, 15) is 18.3 Å². The van der Waals surface area contributed by atoms with Gasteiger partial charge in [-0.1, -0.05) is 31.0 Å². The molecule has 1 aromatic heterocycles. The molecule has 0 saturated carbocycles. The van der Waals surface area contributed by atoms with Crippen molar-refractivity contribution in [1.82, 2.24) is 0 Å². The Morgan fingerprint density at radius 2 is 1.81 bits per heavy atom. The average Bonchev–Trinajstić information content (AvgIpc) is 2.54. The highest BCUT2D eigenvalue weighted by atomic mass is 32.2. The molecule has 0 aliphatic carbocycles. The van der Waals surface area contributed by atoms with E-state index in [4.69, 9.17) is 8.60 Å². The molecule has 0 atom stereocenters. The van der Waals surface area contributed by atoms with Crippen molar-refractivity contribution < 1.29 is 22.1 Å². The highest BCUT2D eigenvalue weighted by molar-refractivity contribution is 7.87. The second-order valence-corrected chi connectivity index (χ2v) is 7.55. The molecule has 0 bridgehead atoms. The lowest BCUT2D eigenvalue weighted by molar-refractivity contribution is 0.464. The minimum absolute atomic E-state index is 0.0103. The smallest absolute Gasteiger partial charge is 0.339 e. The molecule has 0 aliphatic heterocycles. The van der Waals surface area contributed by atoms with Gasteiger partial charge in [0.15, 0.2) is 0 Å². The molecule has 0 saturated heterocycles. The summed E-state index contributed by atoms with van der Waals surface area (Å²) in [6.45, 7) is 3.79. The van der Waals surface area contributed by atoms with Gasteiger partial charge in [0.25, 0.3) is 0 Å². The van der Waals surface area contributed by atoms with Crippen LogP contribution in [-0.2, 0) is 16.5 Å². The van der Waals surface area contributed by atoms with Crippen molar-refractivity contribution in [3.63, 3.8) is 0 Å². The van der Waals surface area contributed by atoms with Crippen LogP contribution in [0.2, 0.25) is 0 Å². The minimum Gasteiger partial charge on any atom is -0.507 e. The Morgan fingerprint density at radius 1 is 1.12 bits per heavy atom. The molecule has 7 heteroatoms. The van der Waals surface area contributed by atoms with Crippen molar-refractivity contribution in [3.05, 3.63) is 64.0 Å². The van der Waals surface area contributed by atoms with Crippen molar-refractivity contribution in [2.24, 2.45) is 0 Å². The molecule has 1 N–H and O–H groups in total. The molecule has 0 aliphatic rings. The number of fused-ring (bicyclic) bond motifs is 1. The van der Waals surface area contributed by atoms with E-state index < -0.39 is 15.7 Å². The van der Waals surface area contributed by atoms with Crippen LogP contribution in [-0.4, -0.2) is 13.5 Å². The van der Waals surface area contributed by atoms with Crippen LogP contribution in [0, 0.1) is 6.92 Å². The van der Waals surface area contributed by atoms with Crippen LogP contribution >= 0.6 is 0 Å². The van der Waals surface area contributed by atoms with Gasteiger partial charge in [0.2, 0.25) is 0 Å². The number of hydrogen-bond donors (Lipinski definition) is 1. The van der Waals surface area contributed by atoms with E-state index in [2.05, 4.69) is 0 Å². The molecule has 3 rings (SSSR count). The van der Waals surface area contributed by atoms with Crippen molar-refractivity contribution in [2.45, 2.75) is 31.6 Å². The number of aromatic hydroxyl groups is 1. The van der Waals surface area contributed by atoms with Gasteiger partial charge in [-0.05, 0) is 31.0 Å². The molecule has 0 radical (unpaired) electrons. The molecule has 3 aromatic rings. The Kier molecular flexibility index (Phi) is 4.73. The van der Waals surface area contributed by atoms with Gasteiger partial charge in [-0.25, -0.2) is 4.79 Å². The Morgan fingerprint density at radius 3 is 2.46 bits per heavy atom. The third-order valence-corrected chi connectivity index (χ3v) is 5.17. The van der Waals surface area contributed by atoms with Crippen LogP contribution in [0.3, 0.4) is 0 Å². The van der Waals surface area contributed by atoms with Crippen molar-refractivity contribution in [3.8, 4) is 11.5 Å². The predicted molar refractivity (Wildman–Crippen MR) is 97.1 cm³/mol. The van der Waals surface area contributed by atoms with Gasteiger partial charge in [0.05, 0.1) is 5.39 Å². The molecule has 0 spiro atoms. The van der Waals surface area contributed by atoms with Crippen molar-refractivity contribution in [1.29, 1.82) is 0 Å². The molecular weight excluding hydrogens is 356 g/mol. The molecule has 1 heterocycles. The lowest BCUT2D eigenvalue weighted by atomic mass is 10.0. The molecule has 0 fully saturated rings. The highest BCUT2D eigenvalue weighted by Crippen LogP contribution is 2.33. The van der Waals surface area contributed by atoms with E-state index in [1.807, 2.05) is 13.8 Å². The summed E-state index contributed by atoms with van der Waals surface area (Å²) in [4.78, 5) is 11.7. The summed E-state index contributed by atoms with van der Waals surface area (Å²) in [7, 11) is -4.08. The highest BCUT2D eigenvalue weighted by Gasteiger charge is 2.19. The first-order chi connectivity index (χ1) is 12.3. The number of aryl methyl sites for hydroxylation is 2. The number of hydrogen-bond acceptors (Lipinski definition) is 6. The van der Waals surface area contributed by atoms with Crippen LogP contribution in [0.15, 0.2) is 56.6 Å². The minimum atomic E-state index is -4.08. The molecule has 2 aromatic carbocycles. The number of benzene rings is 2. The zero-order chi connectivity index (χ0) is 18.9. The summed E-state index contributed by atoms with van der Waals surface area (Å²) in [5.74, 6) is -0.337. The van der Waals surface area contributed by atoms with Crippen LogP contribution < -0.4 is 9.81 Å². The SMILES string of the molecule is CCCc1cc(=O)oc2cc(OS(=O)(=O)c3ccc(C)cc3)cc(O)c12. The summed E-state index contributed by atoms with van der Waals surface area (Å²) < 4.78 is 35.0. The average molecular weight is 374 g/mol. The Balaban J connectivity index is 2.06. The summed E-state index contributed by atoms with van der Waals surface area (Å²) in [5, 5.41) is 10.7. The standard InChI is InChI=1S/C19H18O6S/c1-3-4-13-9-18(21)24-17-11-14(10-16(20)19(13)17)25-26(22,23)15-7-5-12(2)6-8-15/h5-11,20H,3-4H2,1-2H3. The van der Waals surface area contributed by atoms with Gasteiger partial charge in [0, 0.05) is 18.2 Å². The third-order valence-electron chi connectivity index (χ3n) is 3.91. The molecule has 0 amide bonds. The Bertz CT molecular complexity index is 1110. The van der Waals surface area contributed by atoms with Gasteiger partial charge in [-0.3, -0.25) is 0 Å². The molecule has 136 valence electrons. The van der Waals surface area contributed by atoms with E-state index in [-0.39, 0.29) is 22.0 Å². The molecule has 0 unspecified atom stereocenters. The fourth-order valence-electron chi connectivity index (χ4n) is 2.73. The normalized spacial score (nSPS) is 11.6. The van der Waals surface area contributed by atoms with E-state index >= 15 is 0 Å². The lowest BCUT2D eigenvalue weighted by Gasteiger charge is -2.10. The largest absolute Gasteiger partial charge is 0.507 e. The monoisotopic (exact) mass is 374 g/mol. The van der Waals surface area contributed by atoms with Gasteiger partial charge in [0.1, 0.15) is 22.0 Å². The van der Waals surface area contributed by atoms with E-state index in [0.717, 1.165) is 12.0 Å². The topological polar surface area (TPSA) is 93.8 Å². The fourth-order valence-corrected chi connectivity index (χ4v) is 3.64. The van der Waals surface area contributed by atoms with Crippen LogP contribution in [0.1, 0.15) is 24.5 Å². The first-order valence-electron chi connectivity index (χ1n) is 8.11. The number of phenolic OH excluding ortho intramolecular Hbond substituents is 1. The lowest BCUT2D eigenvalue weighted by Crippen LogP contribution is -2.10. The first kappa shape index (κ1) is 18.0. The molecular formula is C19H18O6S. The second kappa shape index (κ2) is 6.84. The second-order valence-electron chi connectivity index (χ2n) is 6.01. The maximum Gasteiger partial charge on any atom is 0.339 e. The van der Waals surface area contributed by atoms with Crippen molar-refractivity contribution in [2.75, 3.05) is 0 Å². The van der Waals surface area contributed by atoms with Gasteiger partial charge in [-0.15, -0.1) is 0 Å².